The van der Waals surface area contributed by atoms with Crippen molar-refractivity contribution in [3.63, 3.8) is 0 Å². The summed E-state index contributed by atoms with van der Waals surface area (Å²) in [5, 5.41) is 0. The van der Waals surface area contributed by atoms with Crippen LogP contribution in [0, 0.1) is 5.92 Å². The van der Waals surface area contributed by atoms with Crippen LogP contribution in [0.4, 0.5) is 11.8 Å². The van der Waals surface area contributed by atoms with Gasteiger partial charge in [0.2, 0.25) is 5.95 Å². The Morgan fingerprint density at radius 2 is 2.08 bits per heavy atom. The maximum Gasteiger partial charge on any atom is 0.318 e. The third-order valence-electron chi connectivity index (χ3n) is 4.94. The fourth-order valence-electron chi connectivity index (χ4n) is 3.51. The summed E-state index contributed by atoms with van der Waals surface area (Å²) in [5.74, 6) is -0.0331. The molecule has 2 fully saturated rings. The molecule has 4 rings (SSSR count). The molecule has 7 nitrogen and oxygen atoms in total. The number of nitrogens with zero attached hydrogens (tertiary/aromatic N) is 4. The van der Waals surface area contributed by atoms with Gasteiger partial charge in [0, 0.05) is 31.9 Å². The van der Waals surface area contributed by atoms with Gasteiger partial charge in [-0.3, -0.25) is 9.59 Å². The van der Waals surface area contributed by atoms with E-state index < -0.39 is 11.9 Å². The van der Waals surface area contributed by atoms with Crippen LogP contribution in [-0.4, -0.2) is 54.0 Å². The minimum absolute atomic E-state index is 0.215. The quantitative estimate of drug-likeness (QED) is 0.610. The van der Waals surface area contributed by atoms with Crippen molar-refractivity contribution in [3.05, 3.63) is 11.8 Å². The van der Waals surface area contributed by atoms with Crippen LogP contribution in [0.15, 0.2) is 6.20 Å². The molecule has 0 radical (unpaired) electrons. The van der Waals surface area contributed by atoms with Gasteiger partial charge < -0.3 is 14.5 Å². The van der Waals surface area contributed by atoms with Gasteiger partial charge in [0.25, 0.3) is 0 Å². The number of ketones is 1. The Bertz CT molecular complexity index is 668. The third-order valence-corrected chi connectivity index (χ3v) is 4.94. The lowest BCUT2D eigenvalue weighted by molar-refractivity contribution is -0.145. The average Bonchev–Trinajstić information content (AvgIpc) is 3.28. The van der Waals surface area contributed by atoms with Crippen LogP contribution in [0.5, 0.6) is 0 Å². The second-order valence-electron chi connectivity index (χ2n) is 6.65. The molecule has 0 spiro atoms. The Morgan fingerprint density at radius 3 is 2.75 bits per heavy atom. The summed E-state index contributed by atoms with van der Waals surface area (Å²) in [6.45, 7) is 4.32. The van der Waals surface area contributed by atoms with Crippen LogP contribution >= 0.6 is 0 Å². The molecule has 1 saturated carbocycles. The van der Waals surface area contributed by atoms with Crippen molar-refractivity contribution >= 4 is 23.5 Å². The predicted molar refractivity (Wildman–Crippen MR) is 88.3 cm³/mol. The summed E-state index contributed by atoms with van der Waals surface area (Å²) in [6, 6.07) is 0.370. The molecule has 128 valence electrons. The normalized spacial score (nSPS) is 23.4. The minimum Gasteiger partial charge on any atom is -0.465 e. The standard InChI is InChI=1S/C17H22N4O3/c1-2-24-16(23)13-10-21(11-5-6-11)15-12(14(13)22)9-18-17(19-15)20-7-3-4-8-20/h9,11,13H,2-8,10H2,1H3. The number of aromatic nitrogens is 2. The number of hydrogen-bond donors (Lipinski definition) is 0. The van der Waals surface area contributed by atoms with Gasteiger partial charge in [-0.15, -0.1) is 0 Å². The lowest BCUT2D eigenvalue weighted by Crippen LogP contribution is -2.45. The van der Waals surface area contributed by atoms with E-state index in [4.69, 9.17) is 9.72 Å². The van der Waals surface area contributed by atoms with Crippen molar-refractivity contribution in [3.8, 4) is 0 Å². The largest absolute Gasteiger partial charge is 0.465 e. The van der Waals surface area contributed by atoms with Crippen LogP contribution in [0.1, 0.15) is 43.0 Å². The van der Waals surface area contributed by atoms with Gasteiger partial charge in [-0.2, -0.15) is 4.98 Å². The number of rotatable bonds is 4. The first-order valence-corrected chi connectivity index (χ1v) is 8.78. The highest BCUT2D eigenvalue weighted by molar-refractivity contribution is 6.13. The van der Waals surface area contributed by atoms with Crippen molar-refractivity contribution in [2.45, 2.75) is 38.6 Å². The molecule has 0 bridgehead atoms. The molecule has 24 heavy (non-hydrogen) atoms. The van der Waals surface area contributed by atoms with E-state index in [0.717, 1.165) is 38.8 Å². The number of fused-ring (bicyclic) bond motifs is 1. The van der Waals surface area contributed by atoms with Crippen LogP contribution in [0.25, 0.3) is 0 Å². The molecule has 0 aromatic carbocycles. The molecule has 1 aromatic rings. The molecule has 3 aliphatic rings. The second kappa shape index (κ2) is 6.03. The topological polar surface area (TPSA) is 75.6 Å². The Hall–Kier alpha value is -2.18. The number of esters is 1. The zero-order valence-corrected chi connectivity index (χ0v) is 13.9. The summed E-state index contributed by atoms with van der Waals surface area (Å²) in [4.78, 5) is 38.3. The van der Waals surface area contributed by atoms with E-state index in [9.17, 15) is 9.59 Å². The molecule has 1 saturated heterocycles. The first kappa shape index (κ1) is 15.4. The SMILES string of the molecule is CCOC(=O)C1CN(C2CC2)c2nc(N3CCCC3)ncc2C1=O. The zero-order valence-electron chi connectivity index (χ0n) is 13.9. The van der Waals surface area contributed by atoms with Gasteiger partial charge in [0.05, 0.1) is 12.2 Å². The summed E-state index contributed by atoms with van der Waals surface area (Å²) in [6.07, 6.45) is 6.05. The summed E-state index contributed by atoms with van der Waals surface area (Å²) in [7, 11) is 0. The molecule has 0 N–H and O–H groups in total. The van der Waals surface area contributed by atoms with Crippen molar-refractivity contribution in [2.75, 3.05) is 36.0 Å². The minimum atomic E-state index is -0.765. The maximum absolute atomic E-state index is 12.7. The highest BCUT2D eigenvalue weighted by atomic mass is 16.5. The number of hydrogen-bond acceptors (Lipinski definition) is 7. The Balaban J connectivity index is 1.69. The number of anilines is 2. The van der Waals surface area contributed by atoms with E-state index in [2.05, 4.69) is 14.8 Å². The van der Waals surface area contributed by atoms with Crippen molar-refractivity contribution in [2.24, 2.45) is 5.92 Å². The molecule has 0 amide bonds. The lowest BCUT2D eigenvalue weighted by Gasteiger charge is -2.33. The zero-order chi connectivity index (χ0) is 16.7. The molecule has 1 unspecified atom stereocenters. The number of carbonyl (C=O) groups is 2. The maximum atomic E-state index is 12.7. The van der Waals surface area contributed by atoms with E-state index in [1.54, 1.807) is 13.1 Å². The monoisotopic (exact) mass is 330 g/mol. The summed E-state index contributed by atoms with van der Waals surface area (Å²) in [5.41, 5.74) is 0.453. The van der Waals surface area contributed by atoms with Gasteiger partial charge in [0.1, 0.15) is 11.7 Å². The molecule has 1 aromatic heterocycles. The lowest BCUT2D eigenvalue weighted by atomic mass is 9.94. The second-order valence-corrected chi connectivity index (χ2v) is 6.65. The number of Topliss-reactive ketones (excluding diaryl/α,β-unsaturated/α-hetero) is 1. The molecule has 7 heteroatoms. The molecule has 1 aliphatic carbocycles. The number of ether oxygens (including phenoxy) is 1. The fourth-order valence-corrected chi connectivity index (χ4v) is 3.51. The van der Waals surface area contributed by atoms with E-state index in [-0.39, 0.29) is 12.4 Å². The predicted octanol–water partition coefficient (Wildman–Crippen LogP) is 1.42. The average molecular weight is 330 g/mol. The number of carbonyl (C=O) groups excluding carboxylic acids is 2. The van der Waals surface area contributed by atoms with Gasteiger partial charge in [-0.05, 0) is 32.6 Å². The van der Waals surface area contributed by atoms with Crippen molar-refractivity contribution in [1.29, 1.82) is 0 Å². The molecule has 2 aliphatic heterocycles. The highest BCUT2D eigenvalue weighted by Crippen LogP contribution is 2.38. The van der Waals surface area contributed by atoms with Crippen molar-refractivity contribution < 1.29 is 14.3 Å². The van der Waals surface area contributed by atoms with Gasteiger partial charge in [0.15, 0.2) is 5.78 Å². The first-order valence-electron chi connectivity index (χ1n) is 8.78. The van der Waals surface area contributed by atoms with Gasteiger partial charge in [-0.25, -0.2) is 4.98 Å². The smallest absolute Gasteiger partial charge is 0.318 e. The van der Waals surface area contributed by atoms with Crippen LogP contribution < -0.4 is 9.80 Å². The van der Waals surface area contributed by atoms with Gasteiger partial charge in [-0.1, -0.05) is 0 Å². The van der Waals surface area contributed by atoms with Crippen LogP contribution in [-0.2, 0) is 9.53 Å². The molecule has 3 heterocycles. The molecular formula is C17H22N4O3. The summed E-state index contributed by atoms with van der Waals surface area (Å²) >= 11 is 0. The molecule has 1 atom stereocenters. The van der Waals surface area contributed by atoms with Gasteiger partial charge >= 0.3 is 5.97 Å². The highest BCUT2D eigenvalue weighted by Gasteiger charge is 2.43. The van der Waals surface area contributed by atoms with Crippen LogP contribution in [0.2, 0.25) is 0 Å². The van der Waals surface area contributed by atoms with E-state index >= 15 is 0 Å². The Kier molecular flexibility index (Phi) is 3.86. The molecular weight excluding hydrogens is 308 g/mol. The third kappa shape index (κ3) is 2.61. The van der Waals surface area contributed by atoms with E-state index in [1.807, 2.05) is 0 Å². The Labute approximate surface area is 141 Å². The van der Waals surface area contributed by atoms with E-state index in [0.29, 0.717) is 29.9 Å². The Morgan fingerprint density at radius 1 is 1.33 bits per heavy atom. The first-order chi connectivity index (χ1) is 11.7. The van der Waals surface area contributed by atoms with Crippen molar-refractivity contribution in [1.82, 2.24) is 9.97 Å². The van der Waals surface area contributed by atoms with Crippen LogP contribution in [0.3, 0.4) is 0 Å². The summed E-state index contributed by atoms with van der Waals surface area (Å²) < 4.78 is 5.08. The fraction of sp³-hybridized carbons (Fsp3) is 0.647. The van der Waals surface area contributed by atoms with E-state index in [1.165, 1.54) is 0 Å².